The summed E-state index contributed by atoms with van der Waals surface area (Å²) >= 11 is 1.28. The van der Waals surface area contributed by atoms with Crippen LogP contribution in [0.5, 0.6) is 5.88 Å². The zero-order chi connectivity index (χ0) is 23.8. The number of anilines is 2. The number of ether oxygens (including phenoxy) is 2. The normalized spacial score (nSPS) is 11.6. The van der Waals surface area contributed by atoms with Gasteiger partial charge in [-0.1, -0.05) is 41.7 Å². The molecule has 4 aromatic rings. The molecular weight excluding hydrogens is 452 g/mol. The van der Waals surface area contributed by atoms with E-state index in [1.165, 1.54) is 17.5 Å². The maximum absolute atomic E-state index is 12.9. The van der Waals surface area contributed by atoms with Crippen LogP contribution in [0.4, 0.5) is 10.8 Å². The molecule has 0 fully saturated rings. The lowest BCUT2D eigenvalue weighted by Crippen LogP contribution is -2.15. The van der Waals surface area contributed by atoms with E-state index in [0.717, 1.165) is 11.1 Å². The van der Waals surface area contributed by atoms with Crippen molar-refractivity contribution in [3.8, 4) is 16.5 Å². The molecule has 1 atom stereocenters. The average Bonchev–Trinajstić information content (AvgIpc) is 3.34. The Morgan fingerprint density at radius 3 is 2.68 bits per heavy atom. The van der Waals surface area contributed by atoms with E-state index >= 15 is 0 Å². The van der Waals surface area contributed by atoms with Gasteiger partial charge in [0.25, 0.3) is 5.91 Å². The second kappa shape index (κ2) is 11.3. The fourth-order valence-electron chi connectivity index (χ4n) is 3.10. The van der Waals surface area contributed by atoms with Gasteiger partial charge in [0, 0.05) is 37.8 Å². The Bertz CT molecular complexity index is 1220. The smallest absolute Gasteiger partial charge is 0.259 e. The van der Waals surface area contributed by atoms with Crippen molar-refractivity contribution in [1.29, 1.82) is 0 Å². The van der Waals surface area contributed by atoms with Crippen molar-refractivity contribution in [2.45, 2.75) is 13.0 Å². The minimum absolute atomic E-state index is 0.218. The van der Waals surface area contributed by atoms with Gasteiger partial charge in [-0.2, -0.15) is 0 Å². The number of benzene rings is 1. The number of pyridine rings is 2. The standard InChI is InChI=1S/C24H24N6O3S/c1-16(17-6-4-3-5-7-17)33-22-20(26-12-13-32-2)14-19(15-27-22)21(31)28-24-30-29-23(34-24)18-8-10-25-11-9-18/h3-11,14-16,26H,12-13H2,1-2H3,(H,28,30,31)/t16-/m0/s1. The highest BCUT2D eigenvalue weighted by Gasteiger charge is 2.17. The first-order valence-corrected chi connectivity index (χ1v) is 11.5. The predicted molar refractivity (Wildman–Crippen MR) is 131 cm³/mol. The van der Waals surface area contributed by atoms with E-state index in [-0.39, 0.29) is 12.0 Å². The fourth-order valence-corrected chi connectivity index (χ4v) is 3.84. The number of carbonyl (C=O) groups is 1. The van der Waals surface area contributed by atoms with Crippen molar-refractivity contribution in [3.05, 3.63) is 78.2 Å². The van der Waals surface area contributed by atoms with Crippen LogP contribution in [0.25, 0.3) is 10.6 Å². The summed E-state index contributed by atoms with van der Waals surface area (Å²) in [6.07, 6.45) is 4.63. The molecule has 0 saturated carbocycles. The van der Waals surface area contributed by atoms with E-state index in [1.807, 2.05) is 49.4 Å². The second-order valence-electron chi connectivity index (χ2n) is 7.27. The van der Waals surface area contributed by atoms with Crippen molar-refractivity contribution < 1.29 is 14.3 Å². The van der Waals surface area contributed by atoms with Crippen LogP contribution in [-0.4, -0.2) is 46.3 Å². The molecule has 3 heterocycles. The quantitative estimate of drug-likeness (QED) is 0.323. The monoisotopic (exact) mass is 476 g/mol. The largest absolute Gasteiger partial charge is 0.468 e. The predicted octanol–water partition coefficient (Wildman–Crippen LogP) is 4.45. The van der Waals surface area contributed by atoms with E-state index in [2.05, 4.69) is 30.8 Å². The molecule has 2 N–H and O–H groups in total. The lowest BCUT2D eigenvalue weighted by molar-refractivity contribution is 0.102. The van der Waals surface area contributed by atoms with Crippen LogP contribution in [0.1, 0.15) is 28.9 Å². The summed E-state index contributed by atoms with van der Waals surface area (Å²) in [6.45, 7) is 2.98. The van der Waals surface area contributed by atoms with Gasteiger partial charge in [-0.05, 0) is 30.7 Å². The average molecular weight is 477 g/mol. The molecule has 10 heteroatoms. The lowest BCUT2D eigenvalue weighted by atomic mass is 10.1. The SMILES string of the molecule is COCCNc1cc(C(=O)Nc2nnc(-c3ccncc3)s2)cnc1O[C@@H](C)c1ccccc1. The van der Waals surface area contributed by atoms with E-state index in [4.69, 9.17) is 9.47 Å². The summed E-state index contributed by atoms with van der Waals surface area (Å²) in [5.41, 5.74) is 2.87. The summed E-state index contributed by atoms with van der Waals surface area (Å²) < 4.78 is 11.2. The van der Waals surface area contributed by atoms with Crippen LogP contribution >= 0.6 is 11.3 Å². The van der Waals surface area contributed by atoms with Crippen molar-refractivity contribution in [3.63, 3.8) is 0 Å². The van der Waals surface area contributed by atoms with Gasteiger partial charge in [0.15, 0.2) is 0 Å². The third-order valence-electron chi connectivity index (χ3n) is 4.87. The first-order chi connectivity index (χ1) is 16.6. The van der Waals surface area contributed by atoms with Crippen LogP contribution in [0, 0.1) is 0 Å². The molecule has 0 spiro atoms. The minimum Gasteiger partial charge on any atom is -0.468 e. The Hall–Kier alpha value is -3.89. The van der Waals surface area contributed by atoms with Gasteiger partial charge < -0.3 is 14.8 Å². The molecule has 174 valence electrons. The van der Waals surface area contributed by atoms with Crippen LogP contribution in [-0.2, 0) is 4.74 Å². The summed E-state index contributed by atoms with van der Waals surface area (Å²) in [7, 11) is 1.63. The molecule has 0 saturated heterocycles. The number of hydrogen-bond acceptors (Lipinski definition) is 9. The Kier molecular flexibility index (Phi) is 7.74. The molecule has 1 aromatic carbocycles. The van der Waals surface area contributed by atoms with Gasteiger partial charge in [0.05, 0.1) is 17.9 Å². The van der Waals surface area contributed by atoms with Crippen LogP contribution in [0.3, 0.4) is 0 Å². The molecule has 0 unspecified atom stereocenters. The number of carbonyl (C=O) groups excluding carboxylic acids is 1. The second-order valence-corrected chi connectivity index (χ2v) is 8.25. The summed E-state index contributed by atoms with van der Waals surface area (Å²) in [5, 5.41) is 15.3. The molecule has 9 nitrogen and oxygen atoms in total. The molecule has 0 aliphatic heterocycles. The van der Waals surface area contributed by atoms with Gasteiger partial charge >= 0.3 is 0 Å². The van der Waals surface area contributed by atoms with Gasteiger partial charge in [0.1, 0.15) is 11.1 Å². The van der Waals surface area contributed by atoms with Crippen molar-refractivity contribution >= 4 is 28.1 Å². The number of nitrogens with one attached hydrogen (secondary N) is 2. The molecule has 1 amide bonds. The molecule has 3 aromatic heterocycles. The number of nitrogens with zero attached hydrogens (tertiary/aromatic N) is 4. The Morgan fingerprint density at radius 2 is 1.91 bits per heavy atom. The molecule has 0 bridgehead atoms. The molecule has 0 radical (unpaired) electrons. The van der Waals surface area contributed by atoms with E-state index in [1.54, 1.807) is 25.6 Å². The first kappa shape index (κ1) is 23.3. The zero-order valence-electron chi connectivity index (χ0n) is 18.8. The Morgan fingerprint density at radius 1 is 1.12 bits per heavy atom. The van der Waals surface area contributed by atoms with Crippen LogP contribution < -0.4 is 15.4 Å². The van der Waals surface area contributed by atoms with E-state index < -0.39 is 0 Å². The highest BCUT2D eigenvalue weighted by molar-refractivity contribution is 7.18. The highest BCUT2D eigenvalue weighted by Crippen LogP contribution is 2.29. The van der Waals surface area contributed by atoms with Crippen LogP contribution in [0.2, 0.25) is 0 Å². The van der Waals surface area contributed by atoms with Crippen molar-refractivity contribution in [2.75, 3.05) is 30.9 Å². The lowest BCUT2D eigenvalue weighted by Gasteiger charge is -2.18. The Balaban J connectivity index is 1.50. The number of rotatable bonds is 10. The summed E-state index contributed by atoms with van der Waals surface area (Å²) in [4.78, 5) is 21.3. The topological polar surface area (TPSA) is 111 Å². The van der Waals surface area contributed by atoms with Crippen LogP contribution in [0.15, 0.2) is 67.1 Å². The van der Waals surface area contributed by atoms with Gasteiger partial charge in [0.2, 0.25) is 11.0 Å². The van der Waals surface area contributed by atoms with Crippen molar-refractivity contribution in [1.82, 2.24) is 20.2 Å². The number of amides is 1. The maximum Gasteiger partial charge on any atom is 0.259 e. The number of aromatic nitrogens is 4. The number of hydrogen-bond donors (Lipinski definition) is 2. The summed E-state index contributed by atoms with van der Waals surface area (Å²) in [5.74, 6) is 0.0577. The van der Waals surface area contributed by atoms with E-state index in [9.17, 15) is 4.79 Å². The first-order valence-electron chi connectivity index (χ1n) is 10.6. The maximum atomic E-state index is 12.9. The Labute approximate surface area is 201 Å². The molecule has 0 aliphatic rings. The summed E-state index contributed by atoms with van der Waals surface area (Å²) in [6, 6.07) is 15.2. The highest BCUT2D eigenvalue weighted by atomic mass is 32.1. The molecular formula is C24H24N6O3S. The fraction of sp³-hybridized carbons (Fsp3) is 0.208. The molecule has 34 heavy (non-hydrogen) atoms. The van der Waals surface area contributed by atoms with Gasteiger partial charge in [-0.15, -0.1) is 10.2 Å². The number of methoxy groups -OCH3 is 1. The third-order valence-corrected chi connectivity index (χ3v) is 5.75. The van der Waals surface area contributed by atoms with Gasteiger partial charge in [-0.3, -0.25) is 15.1 Å². The molecule has 4 rings (SSSR count). The molecule has 0 aliphatic carbocycles. The minimum atomic E-state index is -0.345. The third kappa shape index (κ3) is 5.91. The van der Waals surface area contributed by atoms with Gasteiger partial charge in [-0.25, -0.2) is 4.98 Å². The van der Waals surface area contributed by atoms with E-state index in [0.29, 0.717) is 40.4 Å². The van der Waals surface area contributed by atoms with Crippen molar-refractivity contribution in [2.24, 2.45) is 0 Å². The zero-order valence-corrected chi connectivity index (χ0v) is 19.6.